The van der Waals surface area contributed by atoms with Crippen LogP contribution < -0.4 is 0 Å². The van der Waals surface area contributed by atoms with Crippen LogP contribution in [0.15, 0.2) is 11.0 Å². The van der Waals surface area contributed by atoms with Crippen LogP contribution in [0.3, 0.4) is 0 Å². The Morgan fingerprint density at radius 2 is 2.15 bits per heavy atom. The highest BCUT2D eigenvalue weighted by atomic mass is 32.2. The van der Waals surface area contributed by atoms with Crippen LogP contribution in [0.4, 0.5) is 0 Å². The molecule has 0 unspecified atom stereocenters. The smallest absolute Gasteiger partial charge is 0.120 e. The molecule has 0 saturated heterocycles. The first kappa shape index (κ1) is 12.6. The maximum atomic E-state index is 9.26. The highest BCUT2D eigenvalue weighted by Crippen LogP contribution is 2.12. The van der Waals surface area contributed by atoms with E-state index in [1.165, 1.54) is 0 Å². The predicted octanol–water partition coefficient (Wildman–Crippen LogP) is 1.39. The molecule has 74 valence electrons. The third-order valence-corrected chi connectivity index (χ3v) is 2.00. The van der Waals surface area contributed by atoms with Gasteiger partial charge in [-0.2, -0.15) is 0 Å². The Hall–Kier alpha value is -0.430. The van der Waals surface area contributed by atoms with Crippen LogP contribution in [0.2, 0.25) is 0 Å². The summed E-state index contributed by atoms with van der Waals surface area (Å²) < 4.78 is 0. The van der Waals surface area contributed by atoms with Crippen molar-refractivity contribution in [1.82, 2.24) is 0 Å². The lowest BCUT2D eigenvalue weighted by molar-refractivity contribution is 0.143. The zero-order valence-corrected chi connectivity index (χ0v) is 9.11. The summed E-state index contributed by atoms with van der Waals surface area (Å²) in [5.41, 5.74) is -0.964. The van der Waals surface area contributed by atoms with Crippen LogP contribution in [0.1, 0.15) is 20.8 Å². The van der Waals surface area contributed by atoms with E-state index in [1.54, 1.807) is 31.7 Å². The number of rotatable bonds is 3. The minimum Gasteiger partial charge on any atom is -0.391 e. The fourth-order valence-corrected chi connectivity index (χ4v) is 1.22. The summed E-state index contributed by atoms with van der Waals surface area (Å²) in [7, 11) is 0. The predicted molar refractivity (Wildman–Crippen MR) is 57.4 cm³/mol. The summed E-state index contributed by atoms with van der Waals surface area (Å²) in [6, 6.07) is 0. The molecule has 2 N–H and O–H groups in total. The van der Waals surface area contributed by atoms with Crippen molar-refractivity contribution in [3.8, 4) is 11.8 Å². The van der Waals surface area contributed by atoms with Crippen molar-refractivity contribution in [3.05, 3.63) is 11.0 Å². The first-order chi connectivity index (χ1) is 5.99. The Kier molecular flexibility index (Phi) is 5.89. The zero-order chi connectivity index (χ0) is 10.3. The number of thioether (sulfide) groups is 1. The van der Waals surface area contributed by atoms with Gasteiger partial charge in [-0.1, -0.05) is 18.8 Å². The molecule has 2 nitrogen and oxygen atoms in total. The molecule has 0 rings (SSSR count). The fourth-order valence-electron chi connectivity index (χ4n) is 0.612. The molecule has 0 atom stereocenters. The molecule has 0 radical (unpaired) electrons. The third-order valence-electron chi connectivity index (χ3n) is 1.10. The quantitative estimate of drug-likeness (QED) is 0.676. The fraction of sp³-hybridized carbons (Fsp3) is 0.600. The minimum absolute atomic E-state index is 0.0129. The van der Waals surface area contributed by atoms with Crippen molar-refractivity contribution < 1.29 is 10.2 Å². The van der Waals surface area contributed by atoms with Gasteiger partial charge in [-0.3, -0.25) is 0 Å². The maximum Gasteiger partial charge on any atom is 0.120 e. The summed E-state index contributed by atoms with van der Waals surface area (Å²) in [5.74, 6) is 6.28. The van der Waals surface area contributed by atoms with Crippen molar-refractivity contribution in [2.45, 2.75) is 26.4 Å². The molecule has 0 bridgehead atoms. The number of hydrogen-bond donors (Lipinski definition) is 2. The van der Waals surface area contributed by atoms with Crippen molar-refractivity contribution in [1.29, 1.82) is 0 Å². The van der Waals surface area contributed by atoms with Gasteiger partial charge in [-0.25, -0.2) is 0 Å². The second-order valence-corrected chi connectivity index (χ2v) is 4.42. The van der Waals surface area contributed by atoms with E-state index >= 15 is 0 Å². The van der Waals surface area contributed by atoms with Gasteiger partial charge in [0.2, 0.25) is 0 Å². The lowest BCUT2D eigenvalue weighted by Gasteiger charge is -2.05. The van der Waals surface area contributed by atoms with Gasteiger partial charge >= 0.3 is 0 Å². The van der Waals surface area contributed by atoms with E-state index < -0.39 is 5.60 Å². The molecule has 0 aromatic carbocycles. The summed E-state index contributed by atoms with van der Waals surface area (Å²) in [4.78, 5) is 0.833. The molecule has 0 aliphatic rings. The van der Waals surface area contributed by atoms with Crippen molar-refractivity contribution in [3.63, 3.8) is 0 Å². The molecular formula is C10H16O2S. The summed E-state index contributed by atoms with van der Waals surface area (Å²) >= 11 is 1.55. The first-order valence-electron chi connectivity index (χ1n) is 4.17. The molecule has 0 amide bonds. The number of hydrogen-bond acceptors (Lipinski definition) is 3. The average Bonchev–Trinajstić information content (AvgIpc) is 2.01. The van der Waals surface area contributed by atoms with Gasteiger partial charge in [0, 0.05) is 11.0 Å². The normalized spacial score (nSPS) is 12.2. The summed E-state index contributed by atoms with van der Waals surface area (Å²) in [6.07, 6.45) is 1.64. The Morgan fingerprint density at radius 3 is 2.54 bits per heavy atom. The summed E-state index contributed by atoms with van der Waals surface area (Å²) in [6.45, 7) is 5.27. The Bertz CT molecular complexity index is 228. The highest BCUT2D eigenvalue weighted by Gasteiger charge is 2.04. The van der Waals surface area contributed by atoms with Gasteiger partial charge in [0.25, 0.3) is 0 Å². The van der Waals surface area contributed by atoms with E-state index in [4.69, 9.17) is 5.11 Å². The highest BCUT2D eigenvalue weighted by molar-refractivity contribution is 8.03. The Balaban J connectivity index is 4.26. The average molecular weight is 200 g/mol. The molecule has 0 aliphatic heterocycles. The topological polar surface area (TPSA) is 40.5 Å². The molecule has 0 aliphatic carbocycles. The van der Waals surface area contributed by atoms with Crippen LogP contribution in [-0.4, -0.2) is 28.2 Å². The Morgan fingerprint density at radius 1 is 1.54 bits per heavy atom. The van der Waals surface area contributed by atoms with E-state index in [9.17, 15) is 5.11 Å². The van der Waals surface area contributed by atoms with Gasteiger partial charge in [-0.05, 0) is 19.6 Å². The molecule has 0 aromatic heterocycles. The van der Waals surface area contributed by atoms with Crippen LogP contribution in [0, 0.1) is 11.8 Å². The van der Waals surface area contributed by atoms with Crippen LogP contribution in [0.25, 0.3) is 0 Å². The van der Waals surface area contributed by atoms with E-state index in [-0.39, 0.29) is 6.61 Å². The molecule has 0 spiro atoms. The molecule has 0 aromatic rings. The molecule has 0 fully saturated rings. The second kappa shape index (κ2) is 6.09. The van der Waals surface area contributed by atoms with Crippen molar-refractivity contribution in [2.75, 3.05) is 12.4 Å². The standard InChI is InChI=1S/C10H16O2S/c1-4-13-9(8-11)6-5-7-10(2,3)12/h6,11-12H,4,8H2,1-3H3/b9-6+. The largest absolute Gasteiger partial charge is 0.391 e. The number of aliphatic hydroxyl groups excluding tert-OH is 1. The van der Waals surface area contributed by atoms with Gasteiger partial charge in [0.15, 0.2) is 0 Å². The Labute approximate surface area is 84.0 Å². The van der Waals surface area contributed by atoms with Gasteiger partial charge in [0.05, 0.1) is 6.61 Å². The molecule has 0 heterocycles. The molecule has 13 heavy (non-hydrogen) atoms. The molecular weight excluding hydrogens is 184 g/mol. The minimum atomic E-state index is -0.964. The van der Waals surface area contributed by atoms with Crippen LogP contribution in [0.5, 0.6) is 0 Å². The first-order valence-corrected chi connectivity index (χ1v) is 5.16. The van der Waals surface area contributed by atoms with Gasteiger partial charge < -0.3 is 10.2 Å². The van der Waals surface area contributed by atoms with E-state index in [0.29, 0.717) is 0 Å². The second-order valence-electron chi connectivity index (χ2n) is 3.03. The van der Waals surface area contributed by atoms with E-state index in [0.717, 1.165) is 10.7 Å². The summed E-state index contributed by atoms with van der Waals surface area (Å²) in [5, 5.41) is 18.1. The van der Waals surface area contributed by atoms with E-state index in [1.807, 2.05) is 6.92 Å². The SMILES string of the molecule is CCS/C(=C/C#CC(C)(C)O)CO. The number of aliphatic hydroxyl groups is 2. The van der Waals surface area contributed by atoms with Gasteiger partial charge in [-0.15, -0.1) is 11.8 Å². The van der Waals surface area contributed by atoms with Crippen molar-refractivity contribution >= 4 is 11.8 Å². The van der Waals surface area contributed by atoms with Crippen molar-refractivity contribution in [2.24, 2.45) is 0 Å². The maximum absolute atomic E-state index is 9.26. The monoisotopic (exact) mass is 200 g/mol. The lowest BCUT2D eigenvalue weighted by atomic mass is 10.1. The third kappa shape index (κ3) is 7.92. The lowest BCUT2D eigenvalue weighted by Crippen LogP contribution is -2.14. The van der Waals surface area contributed by atoms with Crippen LogP contribution >= 0.6 is 11.8 Å². The number of allylic oxidation sites excluding steroid dienone is 1. The van der Waals surface area contributed by atoms with Crippen LogP contribution in [-0.2, 0) is 0 Å². The molecule has 3 heteroatoms. The van der Waals surface area contributed by atoms with E-state index in [2.05, 4.69) is 11.8 Å². The zero-order valence-electron chi connectivity index (χ0n) is 8.29. The van der Waals surface area contributed by atoms with Gasteiger partial charge in [0.1, 0.15) is 5.60 Å². The molecule has 0 saturated carbocycles.